The molecule has 0 saturated heterocycles. The van der Waals surface area contributed by atoms with Crippen molar-refractivity contribution >= 4 is 24.3 Å². The van der Waals surface area contributed by atoms with Crippen LogP contribution in [0, 0.1) is 5.92 Å². The Labute approximate surface area is 89.0 Å². The third-order valence-electron chi connectivity index (χ3n) is 2.39. The van der Waals surface area contributed by atoms with Crippen LogP contribution in [-0.2, 0) is 4.79 Å². The molecule has 14 heavy (non-hydrogen) atoms. The topological polar surface area (TPSA) is 98.2 Å². The van der Waals surface area contributed by atoms with Gasteiger partial charge >= 0.3 is 6.03 Å². The number of hydrogen-bond donors (Lipinski definition) is 3. The lowest BCUT2D eigenvalue weighted by molar-refractivity contribution is -0.124. The molecule has 0 aromatic rings. The fourth-order valence-corrected chi connectivity index (χ4v) is 1.60. The summed E-state index contributed by atoms with van der Waals surface area (Å²) in [5.41, 5.74) is 10.5. The average molecular weight is 222 g/mol. The van der Waals surface area contributed by atoms with Crippen molar-refractivity contribution in [2.24, 2.45) is 17.4 Å². The van der Waals surface area contributed by atoms with E-state index in [2.05, 4.69) is 5.32 Å². The molecule has 3 amide bonds. The van der Waals surface area contributed by atoms with Crippen molar-refractivity contribution in [2.75, 3.05) is 0 Å². The lowest BCUT2D eigenvalue weighted by Crippen LogP contribution is -2.41. The van der Waals surface area contributed by atoms with Gasteiger partial charge in [-0.3, -0.25) is 10.1 Å². The Morgan fingerprint density at radius 3 is 2.07 bits per heavy atom. The lowest BCUT2D eigenvalue weighted by Gasteiger charge is -2.24. The Kier molecular flexibility index (Phi) is 5.49. The van der Waals surface area contributed by atoms with Crippen molar-refractivity contribution in [1.29, 1.82) is 0 Å². The number of imide groups is 1. The quantitative estimate of drug-likeness (QED) is 0.587. The van der Waals surface area contributed by atoms with Crippen LogP contribution < -0.4 is 16.8 Å². The van der Waals surface area contributed by atoms with E-state index in [1.807, 2.05) is 0 Å². The number of amides is 3. The third-order valence-corrected chi connectivity index (χ3v) is 2.39. The van der Waals surface area contributed by atoms with Gasteiger partial charge in [0.05, 0.1) is 0 Å². The van der Waals surface area contributed by atoms with Crippen LogP contribution in [-0.4, -0.2) is 18.0 Å². The second-order valence-electron chi connectivity index (χ2n) is 3.47. The van der Waals surface area contributed by atoms with E-state index in [0.717, 1.165) is 25.7 Å². The molecule has 82 valence electrons. The van der Waals surface area contributed by atoms with Crippen LogP contribution in [0.2, 0.25) is 0 Å². The Hall–Kier alpha value is -0.810. The van der Waals surface area contributed by atoms with Crippen molar-refractivity contribution in [1.82, 2.24) is 5.32 Å². The number of carbonyl (C=O) groups is 2. The van der Waals surface area contributed by atoms with Crippen molar-refractivity contribution in [3.05, 3.63) is 0 Å². The minimum Gasteiger partial charge on any atom is -0.351 e. The summed E-state index contributed by atoms with van der Waals surface area (Å²) in [6.45, 7) is 0. The number of rotatable bonds is 1. The Morgan fingerprint density at radius 2 is 1.64 bits per heavy atom. The first-order valence-corrected chi connectivity index (χ1v) is 4.45. The summed E-state index contributed by atoms with van der Waals surface area (Å²) in [5.74, 6) is -0.355. The second-order valence-corrected chi connectivity index (χ2v) is 3.47. The summed E-state index contributed by atoms with van der Waals surface area (Å²) in [4.78, 5) is 21.6. The van der Waals surface area contributed by atoms with Crippen molar-refractivity contribution < 1.29 is 9.59 Å². The van der Waals surface area contributed by atoms with E-state index in [9.17, 15) is 9.59 Å². The molecule has 0 aliphatic heterocycles. The van der Waals surface area contributed by atoms with Gasteiger partial charge < -0.3 is 11.5 Å². The van der Waals surface area contributed by atoms with Crippen LogP contribution in [0.25, 0.3) is 0 Å². The van der Waals surface area contributed by atoms with Crippen LogP contribution in [0.1, 0.15) is 25.7 Å². The maximum Gasteiger partial charge on any atom is 0.318 e. The first kappa shape index (κ1) is 13.2. The van der Waals surface area contributed by atoms with Gasteiger partial charge in [0, 0.05) is 12.0 Å². The van der Waals surface area contributed by atoms with Crippen LogP contribution in [0.15, 0.2) is 0 Å². The molecule has 5 N–H and O–H groups in total. The van der Waals surface area contributed by atoms with Crippen LogP contribution in [0.3, 0.4) is 0 Å². The highest BCUT2D eigenvalue weighted by Gasteiger charge is 2.24. The van der Waals surface area contributed by atoms with Gasteiger partial charge in [0.15, 0.2) is 0 Å². The smallest absolute Gasteiger partial charge is 0.318 e. The van der Waals surface area contributed by atoms with Gasteiger partial charge in [0.25, 0.3) is 0 Å². The number of primary amides is 1. The molecule has 6 heteroatoms. The zero-order chi connectivity index (χ0) is 9.84. The van der Waals surface area contributed by atoms with E-state index in [-0.39, 0.29) is 30.3 Å². The highest BCUT2D eigenvalue weighted by molar-refractivity contribution is 5.94. The van der Waals surface area contributed by atoms with Crippen molar-refractivity contribution in [2.45, 2.75) is 31.7 Å². The van der Waals surface area contributed by atoms with E-state index < -0.39 is 6.03 Å². The molecule has 1 aliphatic rings. The number of nitrogens with one attached hydrogen (secondary N) is 1. The number of nitrogens with two attached hydrogens (primary N) is 2. The molecule has 5 nitrogen and oxygen atoms in total. The number of urea groups is 1. The van der Waals surface area contributed by atoms with Gasteiger partial charge in [-0.05, 0) is 25.7 Å². The molecular weight excluding hydrogens is 206 g/mol. The van der Waals surface area contributed by atoms with Gasteiger partial charge in [-0.1, -0.05) is 0 Å². The van der Waals surface area contributed by atoms with E-state index in [4.69, 9.17) is 11.5 Å². The number of hydrogen-bond acceptors (Lipinski definition) is 3. The Bertz CT molecular complexity index is 215. The lowest BCUT2D eigenvalue weighted by atomic mass is 9.86. The molecule has 1 saturated carbocycles. The van der Waals surface area contributed by atoms with Crippen LogP contribution in [0.4, 0.5) is 4.79 Å². The molecule has 0 spiro atoms. The molecule has 0 atom stereocenters. The van der Waals surface area contributed by atoms with E-state index in [1.165, 1.54) is 0 Å². The van der Waals surface area contributed by atoms with Gasteiger partial charge in [-0.25, -0.2) is 4.79 Å². The molecule has 0 aromatic carbocycles. The average Bonchev–Trinajstić information content (AvgIpc) is 2.04. The summed E-state index contributed by atoms with van der Waals surface area (Å²) >= 11 is 0. The fourth-order valence-electron chi connectivity index (χ4n) is 1.60. The maximum absolute atomic E-state index is 11.3. The van der Waals surface area contributed by atoms with Crippen LogP contribution >= 0.6 is 12.4 Å². The normalized spacial score (nSPS) is 26.1. The summed E-state index contributed by atoms with van der Waals surface area (Å²) in [6, 6.07) is -0.572. The van der Waals surface area contributed by atoms with Crippen molar-refractivity contribution in [3.63, 3.8) is 0 Å². The fraction of sp³-hybridized carbons (Fsp3) is 0.750. The molecule has 1 rings (SSSR count). The maximum atomic E-state index is 11.3. The zero-order valence-electron chi connectivity index (χ0n) is 7.86. The molecule has 0 bridgehead atoms. The van der Waals surface area contributed by atoms with Gasteiger partial charge in [-0.2, -0.15) is 0 Å². The molecular formula is C8H16ClN3O2. The minimum atomic E-state index is -0.778. The first-order valence-electron chi connectivity index (χ1n) is 4.45. The molecule has 0 heterocycles. The first-order chi connectivity index (χ1) is 6.09. The Balaban J connectivity index is 0.00000169. The highest BCUT2D eigenvalue weighted by Crippen LogP contribution is 2.22. The molecule has 0 aromatic heterocycles. The number of halogens is 1. The molecule has 1 aliphatic carbocycles. The van der Waals surface area contributed by atoms with Crippen molar-refractivity contribution in [3.8, 4) is 0 Å². The van der Waals surface area contributed by atoms with Gasteiger partial charge in [0.1, 0.15) is 0 Å². The minimum absolute atomic E-state index is 0. The third kappa shape index (κ3) is 3.93. The molecule has 0 unspecified atom stereocenters. The molecule has 0 radical (unpaired) electrons. The van der Waals surface area contributed by atoms with Gasteiger partial charge in [-0.15, -0.1) is 12.4 Å². The predicted molar refractivity (Wildman–Crippen MR) is 54.9 cm³/mol. The molecule has 1 fully saturated rings. The monoisotopic (exact) mass is 221 g/mol. The Morgan fingerprint density at radius 1 is 1.14 bits per heavy atom. The van der Waals surface area contributed by atoms with E-state index in [1.54, 1.807) is 0 Å². The zero-order valence-corrected chi connectivity index (χ0v) is 8.68. The summed E-state index contributed by atoms with van der Waals surface area (Å²) in [7, 11) is 0. The summed E-state index contributed by atoms with van der Waals surface area (Å²) in [6.07, 6.45) is 3.19. The second kappa shape index (κ2) is 5.82. The van der Waals surface area contributed by atoms with Gasteiger partial charge in [0.2, 0.25) is 5.91 Å². The summed E-state index contributed by atoms with van der Waals surface area (Å²) in [5, 5.41) is 2.09. The standard InChI is InChI=1S/C8H15N3O2.ClH/c9-6-3-1-5(2-4-6)7(12)11-8(10)13;/h5-6H,1-4,9H2,(H3,10,11,12,13);1H. The largest absolute Gasteiger partial charge is 0.351 e. The highest BCUT2D eigenvalue weighted by atomic mass is 35.5. The van der Waals surface area contributed by atoms with E-state index >= 15 is 0 Å². The summed E-state index contributed by atoms with van der Waals surface area (Å²) < 4.78 is 0. The van der Waals surface area contributed by atoms with E-state index in [0.29, 0.717) is 0 Å². The SMILES string of the molecule is Cl.NC(=O)NC(=O)C1CCC(N)CC1. The van der Waals surface area contributed by atoms with Crippen LogP contribution in [0.5, 0.6) is 0 Å². The predicted octanol–water partition coefficient (Wildman–Crippen LogP) is 0.121. The number of carbonyl (C=O) groups excluding carboxylic acids is 2.